The van der Waals surface area contributed by atoms with E-state index in [4.69, 9.17) is 0 Å². The Hall–Kier alpha value is 0.190. The van der Waals surface area contributed by atoms with Crippen molar-refractivity contribution in [2.75, 3.05) is 0 Å². The largest absolute Gasteiger partial charge is 0.506 e. The second kappa shape index (κ2) is 3.16. The molecular weight excluding hydrogens is 351 g/mol. The van der Waals surface area contributed by atoms with Gasteiger partial charge in [-0.1, -0.05) is 0 Å². The summed E-state index contributed by atoms with van der Waals surface area (Å²) in [6.45, 7) is 0. The smallest absolute Gasteiger partial charge is 0.134 e. The van der Waals surface area contributed by atoms with Gasteiger partial charge < -0.3 is 5.11 Å². The van der Waals surface area contributed by atoms with E-state index in [1.54, 1.807) is 16.7 Å². The Morgan fingerprint density at radius 3 is 2.92 bits per heavy atom. The minimum absolute atomic E-state index is 0.368. The van der Waals surface area contributed by atoms with Crippen LogP contribution in [0.2, 0.25) is 0 Å². The second-order valence-corrected chi connectivity index (χ2v) is 5.31. The molecule has 4 heteroatoms. The van der Waals surface area contributed by atoms with Crippen molar-refractivity contribution >= 4 is 59.9 Å². The van der Waals surface area contributed by atoms with Crippen molar-refractivity contribution in [2.24, 2.45) is 0 Å². The molecule has 0 aliphatic heterocycles. The zero-order chi connectivity index (χ0) is 8.72. The first-order chi connectivity index (χ1) is 5.68. The van der Waals surface area contributed by atoms with E-state index in [1.807, 2.05) is 6.07 Å². The molecule has 2 aromatic rings. The van der Waals surface area contributed by atoms with Crippen LogP contribution in [0.15, 0.2) is 22.0 Å². The average Bonchev–Trinajstić information content (AvgIpc) is 2.35. The van der Waals surface area contributed by atoms with E-state index in [9.17, 15) is 5.11 Å². The fourth-order valence-corrected chi connectivity index (χ4v) is 2.87. The third-order valence-corrected chi connectivity index (χ3v) is 4.82. The molecule has 1 aromatic heterocycles. The highest BCUT2D eigenvalue weighted by Crippen LogP contribution is 2.35. The standard InChI is InChI=1S/C8H4BrIOS/c9-5-1-4-7(11)3-12-8(4)2-6(5)10/h1-3,11H. The van der Waals surface area contributed by atoms with Crippen LogP contribution in [-0.2, 0) is 0 Å². The quantitative estimate of drug-likeness (QED) is 0.709. The molecule has 0 aliphatic rings. The monoisotopic (exact) mass is 354 g/mol. The topological polar surface area (TPSA) is 20.2 Å². The Kier molecular flexibility index (Phi) is 2.31. The maximum atomic E-state index is 9.41. The molecule has 1 heterocycles. The van der Waals surface area contributed by atoms with Gasteiger partial charge >= 0.3 is 0 Å². The minimum atomic E-state index is 0.368. The van der Waals surface area contributed by atoms with Crippen LogP contribution in [0.1, 0.15) is 0 Å². The number of hydrogen-bond donors (Lipinski definition) is 1. The molecule has 1 N–H and O–H groups in total. The van der Waals surface area contributed by atoms with Crippen molar-refractivity contribution in [3.8, 4) is 5.75 Å². The summed E-state index contributed by atoms with van der Waals surface area (Å²) in [7, 11) is 0. The summed E-state index contributed by atoms with van der Waals surface area (Å²) in [5.41, 5.74) is 0. The van der Waals surface area contributed by atoms with Crippen LogP contribution in [-0.4, -0.2) is 5.11 Å². The lowest BCUT2D eigenvalue weighted by Crippen LogP contribution is -1.72. The molecular formula is C8H4BrIOS. The molecule has 0 fully saturated rings. The van der Waals surface area contributed by atoms with E-state index in [0.717, 1.165) is 14.6 Å². The zero-order valence-corrected chi connectivity index (χ0v) is 10.4. The third-order valence-electron chi connectivity index (χ3n) is 1.60. The summed E-state index contributed by atoms with van der Waals surface area (Å²) in [6.07, 6.45) is 0. The van der Waals surface area contributed by atoms with Gasteiger partial charge in [-0.2, -0.15) is 0 Å². The number of halogens is 2. The van der Waals surface area contributed by atoms with Crippen molar-refractivity contribution < 1.29 is 5.11 Å². The molecule has 0 radical (unpaired) electrons. The summed E-state index contributed by atoms with van der Waals surface area (Å²) in [5.74, 6) is 0.368. The maximum Gasteiger partial charge on any atom is 0.134 e. The first-order valence-electron chi connectivity index (χ1n) is 3.23. The third kappa shape index (κ3) is 1.36. The molecule has 0 atom stereocenters. The second-order valence-electron chi connectivity index (χ2n) is 2.38. The Labute approximate surface area is 95.7 Å². The van der Waals surface area contributed by atoms with Gasteiger partial charge in [0.25, 0.3) is 0 Å². The minimum Gasteiger partial charge on any atom is -0.506 e. The van der Waals surface area contributed by atoms with Gasteiger partial charge in [-0.05, 0) is 50.7 Å². The molecule has 0 unspecified atom stereocenters. The van der Waals surface area contributed by atoms with E-state index in [2.05, 4.69) is 44.6 Å². The van der Waals surface area contributed by atoms with Crippen LogP contribution in [0.25, 0.3) is 10.1 Å². The Morgan fingerprint density at radius 2 is 2.17 bits per heavy atom. The lowest BCUT2D eigenvalue weighted by Gasteiger charge is -1.96. The molecule has 0 amide bonds. The van der Waals surface area contributed by atoms with Crippen molar-refractivity contribution in [1.82, 2.24) is 0 Å². The van der Waals surface area contributed by atoms with Gasteiger partial charge in [-0.15, -0.1) is 11.3 Å². The molecule has 62 valence electrons. The number of hydrogen-bond acceptors (Lipinski definition) is 2. The van der Waals surface area contributed by atoms with Gasteiger partial charge in [0.1, 0.15) is 5.75 Å². The van der Waals surface area contributed by atoms with E-state index in [0.29, 0.717) is 5.75 Å². The number of thiophene rings is 1. The summed E-state index contributed by atoms with van der Waals surface area (Å²) in [5, 5.41) is 12.1. The fourth-order valence-electron chi connectivity index (χ4n) is 1.01. The molecule has 0 spiro atoms. The van der Waals surface area contributed by atoms with Crippen LogP contribution < -0.4 is 0 Å². The first-order valence-corrected chi connectivity index (χ1v) is 5.99. The average molecular weight is 355 g/mol. The van der Waals surface area contributed by atoms with Gasteiger partial charge in [0.2, 0.25) is 0 Å². The highest BCUT2D eigenvalue weighted by Gasteiger charge is 2.05. The molecule has 0 aliphatic carbocycles. The van der Waals surface area contributed by atoms with Gasteiger partial charge in [-0.25, -0.2) is 0 Å². The summed E-state index contributed by atoms with van der Waals surface area (Å²) < 4.78 is 3.33. The maximum absolute atomic E-state index is 9.41. The van der Waals surface area contributed by atoms with E-state index >= 15 is 0 Å². The molecule has 2 rings (SSSR count). The fraction of sp³-hybridized carbons (Fsp3) is 0. The number of fused-ring (bicyclic) bond motifs is 1. The first kappa shape index (κ1) is 8.77. The highest BCUT2D eigenvalue weighted by atomic mass is 127. The van der Waals surface area contributed by atoms with Crippen LogP contribution in [0.5, 0.6) is 5.75 Å². The molecule has 0 bridgehead atoms. The molecule has 0 saturated heterocycles. The number of benzene rings is 1. The van der Waals surface area contributed by atoms with Crippen molar-refractivity contribution in [3.63, 3.8) is 0 Å². The van der Waals surface area contributed by atoms with E-state index in [-0.39, 0.29) is 0 Å². The van der Waals surface area contributed by atoms with E-state index < -0.39 is 0 Å². The van der Waals surface area contributed by atoms with Crippen molar-refractivity contribution in [2.45, 2.75) is 0 Å². The molecule has 1 aromatic carbocycles. The summed E-state index contributed by atoms with van der Waals surface area (Å²) in [6, 6.07) is 4.01. The Balaban J connectivity index is 2.87. The highest BCUT2D eigenvalue weighted by molar-refractivity contribution is 14.1. The predicted molar refractivity (Wildman–Crippen MR) is 63.9 cm³/mol. The summed E-state index contributed by atoms with van der Waals surface area (Å²) in [4.78, 5) is 0. The predicted octanol–water partition coefficient (Wildman–Crippen LogP) is 3.97. The Bertz CT molecular complexity index is 438. The van der Waals surface area contributed by atoms with Crippen molar-refractivity contribution in [3.05, 3.63) is 25.6 Å². The van der Waals surface area contributed by atoms with Crippen LogP contribution >= 0.6 is 49.9 Å². The SMILES string of the molecule is Oc1csc2cc(I)c(Br)cc12. The van der Waals surface area contributed by atoms with Gasteiger partial charge in [0.05, 0.1) is 0 Å². The molecule has 12 heavy (non-hydrogen) atoms. The van der Waals surface area contributed by atoms with E-state index in [1.165, 1.54) is 3.57 Å². The Morgan fingerprint density at radius 1 is 1.42 bits per heavy atom. The van der Waals surface area contributed by atoms with Gasteiger partial charge in [0.15, 0.2) is 0 Å². The number of rotatable bonds is 0. The van der Waals surface area contributed by atoms with Crippen LogP contribution in [0, 0.1) is 3.57 Å². The van der Waals surface area contributed by atoms with Gasteiger partial charge in [0, 0.05) is 23.5 Å². The normalized spacial score (nSPS) is 10.8. The molecule has 0 saturated carbocycles. The molecule has 1 nitrogen and oxygen atoms in total. The van der Waals surface area contributed by atoms with Gasteiger partial charge in [-0.3, -0.25) is 0 Å². The number of aromatic hydroxyl groups is 1. The summed E-state index contributed by atoms with van der Waals surface area (Å²) >= 11 is 7.24. The lowest BCUT2D eigenvalue weighted by molar-refractivity contribution is 0.483. The van der Waals surface area contributed by atoms with Crippen LogP contribution in [0.3, 0.4) is 0 Å². The zero-order valence-electron chi connectivity index (χ0n) is 5.84. The van der Waals surface area contributed by atoms with Crippen molar-refractivity contribution in [1.29, 1.82) is 0 Å². The lowest BCUT2D eigenvalue weighted by atomic mass is 10.2. The van der Waals surface area contributed by atoms with Crippen LogP contribution in [0.4, 0.5) is 0 Å².